The summed E-state index contributed by atoms with van der Waals surface area (Å²) in [6, 6.07) is 38.0. The van der Waals surface area contributed by atoms with E-state index in [0.29, 0.717) is 74.0 Å². The summed E-state index contributed by atoms with van der Waals surface area (Å²) in [5.74, 6) is -43.3. The molecule has 680 valence electrons. The highest BCUT2D eigenvalue weighted by Gasteiger charge is 2.47. The average Bonchev–Trinajstić information content (AvgIpc) is 0.750. The van der Waals surface area contributed by atoms with Gasteiger partial charge in [-0.3, -0.25) is 0 Å². The zero-order chi connectivity index (χ0) is 93.2. The van der Waals surface area contributed by atoms with Gasteiger partial charge in [0.2, 0.25) is 40.6 Å². The van der Waals surface area contributed by atoms with Crippen LogP contribution in [0.5, 0.6) is 28.7 Å². The third-order valence-corrected chi connectivity index (χ3v) is 21.9. The maximum absolute atomic E-state index is 15.0. The largest absolute Gasteiger partial charge is 0.491 e. The number of hydrogen-bond donors (Lipinski definition) is 0. The van der Waals surface area contributed by atoms with Gasteiger partial charge in [-0.2, -0.15) is 39.5 Å². The molecule has 2 fully saturated rings. The second-order valence-corrected chi connectivity index (χ2v) is 30.8. The van der Waals surface area contributed by atoms with Gasteiger partial charge in [-0.15, -0.1) is 0 Å². The van der Waals surface area contributed by atoms with Crippen LogP contribution in [-0.2, 0) is 19.3 Å². The Balaban J connectivity index is 0.000000183. The van der Waals surface area contributed by atoms with Crippen LogP contribution in [-0.4, -0.2) is 30.8 Å². The van der Waals surface area contributed by atoms with Crippen molar-refractivity contribution in [1.82, 2.24) is 0 Å². The molecular formula is C99H88F22O7. The Labute approximate surface area is 725 Å². The Morgan fingerprint density at radius 2 is 0.609 bits per heavy atom. The predicted octanol–water partition coefficient (Wildman–Crippen LogP) is 30.4. The molecule has 11 aromatic rings. The van der Waals surface area contributed by atoms with Crippen molar-refractivity contribution in [3.8, 4) is 84.4 Å². The fourth-order valence-electron chi connectivity index (χ4n) is 15.4. The first-order valence-corrected chi connectivity index (χ1v) is 41.7. The van der Waals surface area contributed by atoms with Gasteiger partial charge in [0.1, 0.15) is 34.8 Å². The molecule has 0 heterocycles. The first kappa shape index (κ1) is 98.4. The van der Waals surface area contributed by atoms with E-state index >= 15 is 0 Å². The molecular weight excluding hydrogens is 1720 g/mol. The van der Waals surface area contributed by atoms with E-state index in [1.165, 1.54) is 72.3 Å². The van der Waals surface area contributed by atoms with Gasteiger partial charge >= 0.3 is 24.2 Å². The van der Waals surface area contributed by atoms with E-state index in [1.54, 1.807) is 37.3 Å². The average molecular weight is 1810 g/mol. The van der Waals surface area contributed by atoms with Crippen molar-refractivity contribution in [3.63, 3.8) is 0 Å². The molecule has 2 aliphatic rings. The molecule has 128 heavy (non-hydrogen) atoms. The lowest BCUT2D eigenvalue weighted by Gasteiger charge is -2.33. The summed E-state index contributed by atoms with van der Waals surface area (Å²) < 4.78 is 347. The van der Waals surface area contributed by atoms with Crippen molar-refractivity contribution in [3.05, 3.63) is 302 Å². The standard InChI is InChI=1S/C32H38F8O2.C26H10F8O4.C24H22F4.C17H18F2O/c1-3-5-19-7-11-21(12-8-19)31(37,38)41-23-15-25(33)29(26(34)16-23)30-27(35)17-24(18-28(30)36)42-32(39,40)22-13-9-20(6-4-2)10-14-22;27-15-13(16(28)20(32)23(19(15)31)37-25(35)11-7-3-1-4-8-11)14-17(29)21(33)24(22(34)18(14)30)38-26(36)12-9-5-2-6-10-12;1-3-5-15-7-11-17(12-8-15)19-21(25)23(27)20(24(28)22(19)26)18-13-9-16(6-4-2)10-14-18;1-3-5-12-6-8-13(9-7-12)14-10-11-15(20-4-2)17(19)16(14)18/h15-22H,3-14H2,1-2H3;1-10H;7-14H,3-6H2,1-2H3;6-11H,3-5H2,1-2H3. The van der Waals surface area contributed by atoms with Crippen LogP contribution < -0.4 is 23.7 Å². The van der Waals surface area contributed by atoms with Crippen molar-refractivity contribution in [2.75, 3.05) is 6.61 Å². The van der Waals surface area contributed by atoms with Crippen LogP contribution in [0.25, 0.3) is 55.6 Å². The van der Waals surface area contributed by atoms with E-state index in [-0.39, 0.29) is 59.3 Å². The Hall–Kier alpha value is -11.8. The molecule has 0 radical (unpaired) electrons. The molecule has 0 N–H and O–H groups in total. The van der Waals surface area contributed by atoms with Crippen molar-refractivity contribution in [1.29, 1.82) is 0 Å². The summed E-state index contributed by atoms with van der Waals surface area (Å²) in [6.45, 7) is 12.2. The Morgan fingerprint density at radius 3 is 0.898 bits per heavy atom. The number of hydrogen-bond acceptors (Lipinski definition) is 7. The van der Waals surface area contributed by atoms with E-state index in [1.807, 2.05) is 52.0 Å². The molecule has 2 aliphatic carbocycles. The quantitative estimate of drug-likeness (QED) is 0.0220. The van der Waals surface area contributed by atoms with Crippen LogP contribution in [0.3, 0.4) is 0 Å². The number of aryl methyl sites for hydroxylation is 3. The summed E-state index contributed by atoms with van der Waals surface area (Å²) >= 11 is 0. The van der Waals surface area contributed by atoms with Crippen molar-refractivity contribution >= 4 is 11.9 Å². The molecule has 0 bridgehead atoms. The highest BCUT2D eigenvalue weighted by atomic mass is 19.3. The normalized spacial score (nSPS) is 15.0. The molecule has 0 aromatic heterocycles. The smallest absolute Gasteiger partial charge is 0.400 e. The number of esters is 2. The maximum Gasteiger partial charge on any atom is 0.400 e. The second-order valence-electron chi connectivity index (χ2n) is 30.8. The summed E-state index contributed by atoms with van der Waals surface area (Å²) in [5, 5.41) is 0. The van der Waals surface area contributed by atoms with E-state index in [2.05, 4.69) is 16.4 Å². The van der Waals surface area contributed by atoms with Crippen LogP contribution in [0.4, 0.5) is 96.6 Å². The van der Waals surface area contributed by atoms with Gasteiger partial charge in [0.05, 0.1) is 63.0 Å². The topological polar surface area (TPSA) is 80.3 Å². The molecule has 0 spiro atoms. The van der Waals surface area contributed by atoms with E-state index in [9.17, 15) is 106 Å². The van der Waals surface area contributed by atoms with Crippen molar-refractivity contribution in [2.24, 2.45) is 23.7 Å². The Bertz CT molecular complexity index is 5240. The van der Waals surface area contributed by atoms with E-state index < -0.39 is 197 Å². The van der Waals surface area contributed by atoms with Gasteiger partial charge in [0.15, 0.2) is 58.1 Å². The predicted molar refractivity (Wildman–Crippen MR) is 440 cm³/mol. The number of carbonyl (C=O) groups excluding carboxylic acids is 2. The molecule has 0 atom stereocenters. The number of carbonyl (C=O) groups is 2. The minimum absolute atomic E-state index is 0.0450. The van der Waals surface area contributed by atoms with Gasteiger partial charge in [-0.1, -0.05) is 189 Å². The summed E-state index contributed by atoms with van der Waals surface area (Å²) in [7, 11) is 0. The lowest BCUT2D eigenvalue weighted by molar-refractivity contribution is -0.224. The zero-order valence-electron chi connectivity index (χ0n) is 70.1. The molecule has 0 unspecified atom stereocenters. The minimum Gasteiger partial charge on any atom is -0.491 e. The lowest BCUT2D eigenvalue weighted by atomic mass is 9.79. The van der Waals surface area contributed by atoms with Crippen molar-refractivity contribution in [2.45, 2.75) is 169 Å². The Morgan fingerprint density at radius 1 is 0.312 bits per heavy atom. The number of ether oxygens (including phenoxy) is 5. The van der Waals surface area contributed by atoms with E-state index in [4.69, 9.17) is 14.2 Å². The first-order chi connectivity index (χ1) is 61.0. The van der Waals surface area contributed by atoms with Crippen LogP contribution in [0.1, 0.15) is 175 Å². The Kier molecular flexibility index (Phi) is 34.1. The molecule has 13 rings (SSSR count). The van der Waals surface area contributed by atoms with Crippen LogP contribution >= 0.6 is 0 Å². The number of rotatable bonds is 27. The molecule has 11 aromatic carbocycles. The summed E-state index contributed by atoms with van der Waals surface area (Å²) in [6.07, 6.45) is 5.14. The summed E-state index contributed by atoms with van der Waals surface area (Å²) in [4.78, 5) is 24.1. The van der Waals surface area contributed by atoms with Crippen LogP contribution in [0.15, 0.2) is 170 Å². The van der Waals surface area contributed by atoms with Gasteiger partial charge in [0.25, 0.3) is 0 Å². The molecule has 29 heteroatoms. The fourth-order valence-corrected chi connectivity index (χ4v) is 15.4. The molecule has 0 aliphatic heterocycles. The highest BCUT2D eigenvalue weighted by molar-refractivity contribution is 5.92. The third-order valence-electron chi connectivity index (χ3n) is 21.9. The molecule has 7 nitrogen and oxygen atoms in total. The maximum atomic E-state index is 15.0. The van der Waals surface area contributed by atoms with Crippen molar-refractivity contribution < 1.29 is 130 Å². The van der Waals surface area contributed by atoms with Gasteiger partial charge in [0, 0.05) is 29.8 Å². The number of halogens is 22. The first-order valence-electron chi connectivity index (χ1n) is 41.7. The van der Waals surface area contributed by atoms with Gasteiger partial charge in [-0.05, 0) is 159 Å². The monoisotopic (exact) mass is 1810 g/mol. The minimum atomic E-state index is -3.70. The zero-order valence-corrected chi connectivity index (χ0v) is 70.1. The van der Waals surface area contributed by atoms with Gasteiger partial charge < -0.3 is 23.7 Å². The van der Waals surface area contributed by atoms with E-state index in [0.717, 1.165) is 99.6 Å². The fraction of sp³-hybridized carbons (Fsp3) is 0.313. The summed E-state index contributed by atoms with van der Waals surface area (Å²) in [5.41, 5.74) is -4.29. The SMILES string of the molecule is CCCC1CCC(C(F)(F)Oc2cc(F)c(-c3c(F)cc(OC(F)(F)C4CCC(CCC)CC4)cc3F)c(F)c2)CC1.CCCc1ccc(-c2c(F)c(F)c(-c3ccc(CCC)cc3)c(F)c2F)cc1.CCCc1ccc(-c2ccc(OCC)c(F)c2F)cc1.O=C(Oc1c(F)c(F)c(-c2c(F)c(F)c(OC(=O)c3ccccc3)c(F)c2F)c(F)c1F)c1ccccc1. The van der Waals surface area contributed by atoms with Crippen LogP contribution in [0.2, 0.25) is 0 Å². The molecule has 0 amide bonds. The number of benzene rings is 11. The molecule has 0 saturated heterocycles. The van der Waals surface area contributed by atoms with Crippen LogP contribution in [0, 0.1) is 128 Å². The second kappa shape index (κ2) is 44.3. The number of alkyl halides is 4. The van der Waals surface area contributed by atoms with Gasteiger partial charge in [-0.25, -0.2) is 66.7 Å². The lowest BCUT2D eigenvalue weighted by Crippen LogP contribution is -2.37. The molecule has 2 saturated carbocycles. The highest BCUT2D eigenvalue weighted by Crippen LogP contribution is 2.48. The third kappa shape index (κ3) is 23.2.